The van der Waals surface area contributed by atoms with E-state index in [1.54, 1.807) is 0 Å². The van der Waals surface area contributed by atoms with Gasteiger partial charge in [0.15, 0.2) is 11.6 Å². The van der Waals surface area contributed by atoms with Crippen molar-refractivity contribution in [3.05, 3.63) is 35.4 Å². The van der Waals surface area contributed by atoms with E-state index in [0.29, 0.717) is 17.7 Å². The van der Waals surface area contributed by atoms with Crippen LogP contribution in [0.2, 0.25) is 0 Å². The molecule has 3 nitrogen and oxygen atoms in total. The summed E-state index contributed by atoms with van der Waals surface area (Å²) in [4.78, 5) is 0. The van der Waals surface area contributed by atoms with Crippen LogP contribution in [0, 0.1) is 17.0 Å². The summed E-state index contributed by atoms with van der Waals surface area (Å²) < 4.78 is 32.2. The van der Waals surface area contributed by atoms with Crippen molar-refractivity contribution >= 4 is 0 Å². The van der Waals surface area contributed by atoms with Crippen molar-refractivity contribution in [2.45, 2.75) is 63.8 Å². The van der Waals surface area contributed by atoms with Gasteiger partial charge in [0.2, 0.25) is 0 Å². The van der Waals surface area contributed by atoms with Gasteiger partial charge in [-0.1, -0.05) is 12.5 Å². The number of ether oxygens (including phenoxy) is 1. The van der Waals surface area contributed by atoms with Crippen LogP contribution in [0.25, 0.3) is 0 Å². The van der Waals surface area contributed by atoms with E-state index in [9.17, 15) is 13.9 Å². The van der Waals surface area contributed by atoms with Crippen LogP contribution in [0.3, 0.4) is 0 Å². The number of halogens is 2. The van der Waals surface area contributed by atoms with E-state index in [1.165, 1.54) is 12.5 Å². The summed E-state index contributed by atoms with van der Waals surface area (Å²) in [6, 6.07) is 3.65. The smallest absolute Gasteiger partial charge is 0.159 e. The monoisotopic (exact) mass is 325 g/mol. The molecular formula is C18H25F2NO2. The van der Waals surface area contributed by atoms with Gasteiger partial charge in [-0.15, -0.1) is 0 Å². The maximum atomic E-state index is 13.3. The fraction of sp³-hybridized carbons (Fsp3) is 0.667. The largest absolute Gasteiger partial charge is 0.387 e. The highest BCUT2D eigenvalue weighted by atomic mass is 19.2. The Hall–Kier alpha value is -1.04. The number of nitrogens with one attached hydrogen (secondary N) is 1. The SMILES string of the molecule is CCOC1CC(NC(C)C(O)c2ccc(F)c(F)c2)C12CCC2. The summed E-state index contributed by atoms with van der Waals surface area (Å²) in [7, 11) is 0. The quantitative estimate of drug-likeness (QED) is 0.843. The van der Waals surface area contributed by atoms with Crippen molar-refractivity contribution < 1.29 is 18.6 Å². The predicted molar refractivity (Wildman–Crippen MR) is 84.0 cm³/mol. The molecule has 4 atom stereocenters. The van der Waals surface area contributed by atoms with Gasteiger partial charge in [-0.3, -0.25) is 0 Å². The Morgan fingerprint density at radius 1 is 1.35 bits per heavy atom. The first-order chi connectivity index (χ1) is 11.0. The van der Waals surface area contributed by atoms with Crippen LogP contribution in [0.1, 0.15) is 51.2 Å². The molecule has 1 aromatic rings. The molecule has 2 saturated carbocycles. The van der Waals surface area contributed by atoms with E-state index in [4.69, 9.17) is 4.74 Å². The first-order valence-electron chi connectivity index (χ1n) is 8.48. The summed E-state index contributed by atoms with van der Waals surface area (Å²) in [6.45, 7) is 4.63. The zero-order valence-electron chi connectivity index (χ0n) is 13.7. The van der Waals surface area contributed by atoms with Gasteiger partial charge in [0.1, 0.15) is 0 Å². The molecule has 2 N–H and O–H groups in total. The molecule has 0 radical (unpaired) electrons. The lowest BCUT2D eigenvalue weighted by Gasteiger charge is -2.61. The van der Waals surface area contributed by atoms with Gasteiger partial charge in [0, 0.05) is 24.1 Å². The fourth-order valence-corrected chi connectivity index (χ4v) is 4.07. The first kappa shape index (κ1) is 16.8. The van der Waals surface area contributed by atoms with E-state index in [0.717, 1.165) is 38.0 Å². The average molecular weight is 325 g/mol. The van der Waals surface area contributed by atoms with Gasteiger partial charge in [-0.25, -0.2) is 8.78 Å². The lowest BCUT2D eigenvalue weighted by atomic mass is 9.51. The van der Waals surface area contributed by atoms with Crippen molar-refractivity contribution in [2.24, 2.45) is 5.41 Å². The van der Waals surface area contributed by atoms with Crippen LogP contribution in [-0.4, -0.2) is 29.9 Å². The first-order valence-corrected chi connectivity index (χ1v) is 8.48. The second kappa shape index (κ2) is 6.46. The molecule has 0 aromatic heterocycles. The third-order valence-electron chi connectivity index (χ3n) is 5.66. The van der Waals surface area contributed by atoms with Gasteiger partial charge < -0.3 is 15.2 Å². The average Bonchev–Trinajstić information content (AvgIpc) is 2.46. The third kappa shape index (κ3) is 2.90. The molecule has 0 aliphatic heterocycles. The molecule has 2 aliphatic rings. The second-order valence-electron chi connectivity index (χ2n) is 6.89. The second-order valence-corrected chi connectivity index (χ2v) is 6.89. The number of hydrogen-bond donors (Lipinski definition) is 2. The Morgan fingerprint density at radius 2 is 2.09 bits per heavy atom. The van der Waals surface area contributed by atoms with Gasteiger partial charge in [-0.05, 0) is 50.8 Å². The number of hydrogen-bond acceptors (Lipinski definition) is 3. The minimum absolute atomic E-state index is 0.206. The highest BCUT2D eigenvalue weighted by Gasteiger charge is 2.59. The number of aliphatic hydroxyl groups is 1. The molecule has 4 unspecified atom stereocenters. The van der Waals surface area contributed by atoms with Gasteiger partial charge in [0.25, 0.3) is 0 Å². The molecule has 5 heteroatoms. The Morgan fingerprint density at radius 3 is 2.65 bits per heavy atom. The van der Waals surface area contributed by atoms with E-state index in [1.807, 2.05) is 13.8 Å². The Bertz CT molecular complexity index is 562. The lowest BCUT2D eigenvalue weighted by molar-refractivity contribution is -0.176. The highest BCUT2D eigenvalue weighted by molar-refractivity contribution is 5.22. The number of aliphatic hydroxyl groups excluding tert-OH is 1. The van der Waals surface area contributed by atoms with Crippen LogP contribution in [0.5, 0.6) is 0 Å². The molecular weight excluding hydrogens is 300 g/mol. The minimum Gasteiger partial charge on any atom is -0.387 e. The third-order valence-corrected chi connectivity index (χ3v) is 5.66. The molecule has 128 valence electrons. The summed E-state index contributed by atoms with van der Waals surface area (Å²) in [5.74, 6) is -1.82. The van der Waals surface area contributed by atoms with Crippen LogP contribution in [0.15, 0.2) is 18.2 Å². The topological polar surface area (TPSA) is 41.5 Å². The van der Waals surface area contributed by atoms with Crippen LogP contribution in [-0.2, 0) is 4.74 Å². The van der Waals surface area contributed by atoms with Gasteiger partial charge in [0.05, 0.1) is 12.2 Å². The Labute approximate surface area is 136 Å². The van der Waals surface area contributed by atoms with Crippen molar-refractivity contribution in [3.8, 4) is 0 Å². The highest BCUT2D eigenvalue weighted by Crippen LogP contribution is 2.57. The Balaban J connectivity index is 1.63. The molecule has 3 rings (SSSR count). The summed E-state index contributed by atoms with van der Waals surface area (Å²) in [6.07, 6.45) is 3.93. The molecule has 2 aliphatic carbocycles. The number of benzene rings is 1. The molecule has 1 aromatic carbocycles. The van der Waals surface area contributed by atoms with E-state index >= 15 is 0 Å². The molecule has 23 heavy (non-hydrogen) atoms. The maximum Gasteiger partial charge on any atom is 0.159 e. The predicted octanol–water partition coefficient (Wildman–Crippen LogP) is 3.32. The Kier molecular flexibility index (Phi) is 4.72. The zero-order valence-corrected chi connectivity index (χ0v) is 13.7. The van der Waals surface area contributed by atoms with Gasteiger partial charge >= 0.3 is 0 Å². The van der Waals surface area contributed by atoms with Crippen molar-refractivity contribution in [2.75, 3.05) is 6.61 Å². The van der Waals surface area contributed by atoms with Gasteiger partial charge in [-0.2, -0.15) is 0 Å². The molecule has 0 amide bonds. The van der Waals surface area contributed by atoms with E-state index in [-0.39, 0.29) is 11.5 Å². The lowest BCUT2D eigenvalue weighted by Crippen LogP contribution is -2.68. The zero-order chi connectivity index (χ0) is 16.6. The molecule has 0 heterocycles. The molecule has 2 fully saturated rings. The van der Waals surface area contributed by atoms with Crippen molar-refractivity contribution in [1.82, 2.24) is 5.32 Å². The summed E-state index contributed by atoms with van der Waals surface area (Å²) in [5, 5.41) is 13.9. The normalized spacial score (nSPS) is 28.0. The standard InChI is InChI=1S/C18H25F2NO2/c1-3-23-16-10-15(18(16)7-4-8-18)21-11(2)17(22)12-5-6-13(19)14(20)9-12/h5-6,9,11,15-17,21-22H,3-4,7-8,10H2,1-2H3. The summed E-state index contributed by atoms with van der Waals surface area (Å²) >= 11 is 0. The van der Waals surface area contributed by atoms with Crippen molar-refractivity contribution in [3.63, 3.8) is 0 Å². The fourth-order valence-electron chi connectivity index (χ4n) is 4.07. The maximum absolute atomic E-state index is 13.3. The molecule has 0 bridgehead atoms. The van der Waals surface area contributed by atoms with Crippen LogP contribution in [0.4, 0.5) is 8.78 Å². The summed E-state index contributed by atoms with van der Waals surface area (Å²) in [5.41, 5.74) is 0.602. The van der Waals surface area contributed by atoms with Crippen molar-refractivity contribution in [1.29, 1.82) is 0 Å². The molecule has 0 saturated heterocycles. The van der Waals surface area contributed by atoms with E-state index in [2.05, 4.69) is 5.32 Å². The van der Waals surface area contributed by atoms with Crippen LogP contribution < -0.4 is 5.32 Å². The molecule has 1 spiro atoms. The van der Waals surface area contributed by atoms with E-state index < -0.39 is 17.7 Å². The van der Waals surface area contributed by atoms with Crippen LogP contribution >= 0.6 is 0 Å². The minimum atomic E-state index is -0.927. The number of rotatable bonds is 6.